The molecule has 7 heteroatoms. The third kappa shape index (κ3) is 53.8. The molecule has 0 unspecified atom stereocenters. The molecule has 0 aromatic rings. The Morgan fingerprint density at radius 3 is 0.656 bits per heavy atom. The largest absolute Gasteiger partial charge is 2.00 e. The number of carbonyl (C=O) groups is 3. The van der Waals surface area contributed by atoms with Crippen molar-refractivity contribution in [2.75, 3.05) is 13.2 Å². The number of ether oxygens (including phenoxy) is 3. The van der Waals surface area contributed by atoms with Crippen LogP contribution >= 0.6 is 0 Å². The van der Waals surface area contributed by atoms with E-state index in [9.17, 15) is 14.4 Å². The zero-order valence-corrected chi connectivity index (χ0v) is 45.0. The van der Waals surface area contributed by atoms with E-state index >= 15 is 0 Å². The molecule has 0 N–H and O–H groups in total. The Bertz CT molecular complexity index is 906. The molecule has 0 saturated carbocycles. The van der Waals surface area contributed by atoms with E-state index in [1.54, 1.807) is 0 Å². The molecule has 0 aromatic carbocycles. The number of carbonyl (C=O) groups excluding carboxylic acids is 3. The Hall–Kier alpha value is -0.824. The van der Waals surface area contributed by atoms with Gasteiger partial charge in [0.1, 0.15) is 13.2 Å². The van der Waals surface area contributed by atoms with Crippen molar-refractivity contribution in [3.05, 3.63) is 0 Å². The first-order valence-electron chi connectivity index (χ1n) is 28.5. The monoisotopic (exact) mass is 917 g/mol. The van der Waals surface area contributed by atoms with E-state index in [1.807, 2.05) is 0 Å². The van der Waals surface area contributed by atoms with Gasteiger partial charge in [-0.15, -0.1) is 0 Å². The fraction of sp³-hybridized carbons (Fsp3) is 0.947. The Morgan fingerprint density at radius 1 is 0.281 bits per heavy atom. The second-order valence-corrected chi connectivity index (χ2v) is 19.6. The molecular formula is C57H112MgO6. The van der Waals surface area contributed by atoms with Crippen molar-refractivity contribution in [1.82, 2.24) is 0 Å². The molecule has 0 spiro atoms. The zero-order valence-electron chi connectivity index (χ0n) is 45.6. The maximum atomic E-state index is 12.8. The maximum Gasteiger partial charge on any atom is 2.00 e. The molecule has 0 radical (unpaired) electrons. The van der Waals surface area contributed by atoms with Crippen LogP contribution in [0.15, 0.2) is 0 Å². The normalized spacial score (nSPS) is 11.2. The quantitative estimate of drug-likeness (QED) is 0.0262. The summed E-state index contributed by atoms with van der Waals surface area (Å²) in [5, 5.41) is 0. The van der Waals surface area contributed by atoms with Crippen LogP contribution in [-0.4, -0.2) is 60.3 Å². The van der Waals surface area contributed by atoms with E-state index < -0.39 is 6.10 Å². The van der Waals surface area contributed by atoms with Gasteiger partial charge in [0.05, 0.1) is 0 Å². The number of hydrogen-bond acceptors (Lipinski definition) is 6. The predicted molar refractivity (Wildman–Crippen MR) is 278 cm³/mol. The molecule has 64 heavy (non-hydrogen) atoms. The Labute approximate surface area is 418 Å². The first-order chi connectivity index (χ1) is 31.0. The van der Waals surface area contributed by atoms with Crippen LogP contribution in [-0.2, 0) is 28.6 Å². The maximum absolute atomic E-state index is 12.8. The van der Waals surface area contributed by atoms with Crippen LogP contribution in [0.2, 0.25) is 0 Å². The van der Waals surface area contributed by atoms with Crippen LogP contribution < -0.4 is 0 Å². The van der Waals surface area contributed by atoms with E-state index in [1.165, 1.54) is 231 Å². The second-order valence-electron chi connectivity index (χ2n) is 19.6. The Kier molecular flexibility index (Phi) is 57.6. The molecule has 0 saturated heterocycles. The van der Waals surface area contributed by atoms with Crippen molar-refractivity contribution in [2.45, 2.75) is 335 Å². The van der Waals surface area contributed by atoms with E-state index in [2.05, 4.69) is 20.8 Å². The molecule has 0 aliphatic carbocycles. The van der Waals surface area contributed by atoms with E-state index in [0.29, 0.717) is 19.3 Å². The smallest absolute Gasteiger partial charge is 1.00 e. The van der Waals surface area contributed by atoms with Gasteiger partial charge in [-0.05, 0) is 19.3 Å². The summed E-state index contributed by atoms with van der Waals surface area (Å²) in [4.78, 5) is 38.1. The minimum absolute atomic E-state index is 0. The first-order valence-corrected chi connectivity index (χ1v) is 28.5. The Balaban J connectivity index is -0.00000641. The van der Waals surface area contributed by atoms with Gasteiger partial charge in [0.25, 0.3) is 0 Å². The molecular weight excluding hydrogens is 805 g/mol. The minimum atomic E-state index is -0.760. The summed E-state index contributed by atoms with van der Waals surface area (Å²) in [6, 6.07) is 0. The van der Waals surface area contributed by atoms with Gasteiger partial charge in [-0.2, -0.15) is 0 Å². The van der Waals surface area contributed by atoms with Crippen LogP contribution in [0.1, 0.15) is 332 Å². The summed E-state index contributed by atoms with van der Waals surface area (Å²) in [5.41, 5.74) is 0. The molecule has 0 aliphatic rings. The number of hydrogen-bond donors (Lipinski definition) is 0. The molecule has 0 heterocycles. The van der Waals surface area contributed by atoms with Crippen LogP contribution in [0.4, 0.5) is 0 Å². The Morgan fingerprint density at radius 2 is 0.453 bits per heavy atom. The number of esters is 3. The topological polar surface area (TPSA) is 78.9 Å². The summed E-state index contributed by atoms with van der Waals surface area (Å²) in [6.07, 6.45) is 58.0. The molecule has 0 atom stereocenters. The van der Waals surface area contributed by atoms with Crippen molar-refractivity contribution in [3.63, 3.8) is 0 Å². The molecule has 0 bridgehead atoms. The van der Waals surface area contributed by atoms with Gasteiger partial charge in [0, 0.05) is 19.3 Å². The zero-order chi connectivity index (χ0) is 45.8. The molecule has 0 amide bonds. The van der Waals surface area contributed by atoms with Gasteiger partial charge in [0.2, 0.25) is 0 Å². The fourth-order valence-corrected chi connectivity index (χ4v) is 8.80. The average Bonchev–Trinajstić information content (AvgIpc) is 3.28. The minimum Gasteiger partial charge on any atom is -1.00 e. The van der Waals surface area contributed by atoms with E-state index in [-0.39, 0.29) is 57.0 Å². The van der Waals surface area contributed by atoms with Gasteiger partial charge >= 0.3 is 41.0 Å². The van der Waals surface area contributed by atoms with Crippen LogP contribution in [0.5, 0.6) is 0 Å². The molecule has 0 rings (SSSR count). The van der Waals surface area contributed by atoms with Gasteiger partial charge < -0.3 is 17.1 Å². The van der Waals surface area contributed by atoms with Gasteiger partial charge in [-0.25, -0.2) is 0 Å². The SMILES string of the molecule is CCCCCCCCCCCCCCCCCC(=O)OCC(COC(=O)CCCCCCCCCCCCCCCCC)OC(=O)CCCCCCCCCCCCCCCCC.[H-].[H-].[Mg+2]. The van der Waals surface area contributed by atoms with Crippen molar-refractivity contribution < 1.29 is 31.4 Å². The molecule has 0 aliphatic heterocycles. The van der Waals surface area contributed by atoms with Crippen LogP contribution in [0.3, 0.4) is 0 Å². The van der Waals surface area contributed by atoms with Crippen LogP contribution in [0.25, 0.3) is 0 Å². The molecule has 0 fully saturated rings. The van der Waals surface area contributed by atoms with Crippen molar-refractivity contribution in [3.8, 4) is 0 Å². The van der Waals surface area contributed by atoms with Gasteiger partial charge in [0.15, 0.2) is 6.10 Å². The number of unbranched alkanes of at least 4 members (excludes halogenated alkanes) is 42. The summed E-state index contributed by atoms with van der Waals surface area (Å²) in [5.74, 6) is -0.832. The van der Waals surface area contributed by atoms with Crippen molar-refractivity contribution in [2.24, 2.45) is 0 Å². The second kappa shape index (κ2) is 56.5. The summed E-state index contributed by atoms with van der Waals surface area (Å²) < 4.78 is 16.9. The van der Waals surface area contributed by atoms with Crippen LogP contribution in [0, 0.1) is 0 Å². The van der Waals surface area contributed by atoms with E-state index in [0.717, 1.165) is 57.8 Å². The van der Waals surface area contributed by atoms with Gasteiger partial charge in [-0.3, -0.25) is 14.4 Å². The number of rotatable bonds is 53. The predicted octanol–water partition coefficient (Wildman–Crippen LogP) is 18.6. The van der Waals surface area contributed by atoms with Crippen molar-refractivity contribution in [1.29, 1.82) is 0 Å². The molecule has 6 nitrogen and oxygen atoms in total. The molecule has 378 valence electrons. The van der Waals surface area contributed by atoms with Crippen molar-refractivity contribution >= 4 is 41.0 Å². The average molecular weight is 918 g/mol. The summed E-state index contributed by atoms with van der Waals surface area (Å²) >= 11 is 0. The first kappa shape index (κ1) is 65.3. The van der Waals surface area contributed by atoms with Gasteiger partial charge in [-0.1, -0.05) is 290 Å². The third-order valence-electron chi connectivity index (χ3n) is 13.1. The standard InChI is InChI=1S/C57H110O6.Mg.2H/c1-4-7-10-13-16-19-22-25-28-31-34-37-40-43-46-49-55(58)61-52-54(63-57(60)51-48-45-42-39-36-33-30-27-24-21-18-15-12-9-6-3)53-62-56(59)50-47-44-41-38-35-32-29-26-23-20-17-14-11-8-5-2;;;/h54H,4-53H2,1-3H3;;;/q;+2;2*-1. The van der Waals surface area contributed by atoms with E-state index in [4.69, 9.17) is 14.2 Å². The summed E-state index contributed by atoms with van der Waals surface area (Å²) in [6.45, 7) is 6.71. The fourth-order valence-electron chi connectivity index (χ4n) is 8.80. The third-order valence-corrected chi connectivity index (χ3v) is 13.1. The summed E-state index contributed by atoms with van der Waals surface area (Å²) in [7, 11) is 0. The molecule has 0 aromatic heterocycles.